The Morgan fingerprint density at radius 3 is 2.74 bits per heavy atom. The topological polar surface area (TPSA) is 54.7 Å². The Labute approximate surface area is 201 Å². The first-order valence-electron chi connectivity index (χ1n) is 12.3. The molecule has 0 bridgehead atoms. The van der Waals surface area contributed by atoms with Crippen molar-refractivity contribution < 1.29 is 4.74 Å². The maximum atomic E-state index is 5.69. The van der Waals surface area contributed by atoms with E-state index in [9.17, 15) is 0 Å². The summed E-state index contributed by atoms with van der Waals surface area (Å²) in [6, 6.07) is 19.3. The van der Waals surface area contributed by atoms with Crippen LogP contribution in [0, 0.1) is 0 Å². The zero-order chi connectivity index (χ0) is 23.2. The molecule has 2 aliphatic heterocycles. The molecule has 2 aliphatic rings. The zero-order valence-electron chi connectivity index (χ0n) is 19.9. The van der Waals surface area contributed by atoms with Gasteiger partial charge in [0.05, 0.1) is 23.8 Å². The number of hydrogen-bond acceptors (Lipinski definition) is 5. The number of para-hydroxylation sites is 2. The highest BCUT2D eigenvalue weighted by molar-refractivity contribution is 5.81. The normalized spacial score (nSPS) is 20.1. The van der Waals surface area contributed by atoms with Crippen molar-refractivity contribution in [3.63, 3.8) is 0 Å². The third kappa shape index (κ3) is 4.56. The molecule has 0 amide bonds. The third-order valence-electron chi connectivity index (χ3n) is 6.95. The van der Waals surface area contributed by atoms with Crippen LogP contribution in [0.2, 0.25) is 0 Å². The van der Waals surface area contributed by atoms with E-state index < -0.39 is 0 Å². The average Bonchev–Trinajstić information content (AvgIpc) is 3.43. The molecule has 1 unspecified atom stereocenters. The number of benzene rings is 2. The van der Waals surface area contributed by atoms with Crippen LogP contribution in [0.1, 0.15) is 31.2 Å². The Bertz CT molecular complexity index is 1190. The molecule has 1 aromatic heterocycles. The molecule has 0 radical (unpaired) electrons. The van der Waals surface area contributed by atoms with Crippen LogP contribution in [0.3, 0.4) is 0 Å². The van der Waals surface area contributed by atoms with Crippen LogP contribution >= 0.6 is 0 Å². The van der Waals surface area contributed by atoms with E-state index in [0.29, 0.717) is 13.2 Å². The van der Waals surface area contributed by atoms with Gasteiger partial charge in [0.25, 0.3) is 0 Å². The van der Waals surface area contributed by atoms with Gasteiger partial charge in [-0.05, 0) is 50.1 Å². The monoisotopic (exact) mass is 455 g/mol. The molecule has 1 fully saturated rings. The largest absolute Gasteiger partial charge is 0.380 e. The molecule has 1 N–H and O–H groups in total. The van der Waals surface area contributed by atoms with Crippen LogP contribution in [0.4, 0.5) is 0 Å². The second-order valence-electron chi connectivity index (χ2n) is 8.94. The lowest BCUT2D eigenvalue weighted by Gasteiger charge is -2.32. The highest BCUT2D eigenvalue weighted by Crippen LogP contribution is 2.36. The van der Waals surface area contributed by atoms with Crippen LogP contribution in [0.25, 0.3) is 16.7 Å². The molecular formula is C28H33N5O. The van der Waals surface area contributed by atoms with E-state index in [1.807, 2.05) is 31.5 Å². The summed E-state index contributed by atoms with van der Waals surface area (Å²) in [5.74, 6) is 0.933. The van der Waals surface area contributed by atoms with Crippen LogP contribution in [-0.2, 0) is 16.7 Å². The molecule has 6 heteroatoms. The van der Waals surface area contributed by atoms with Gasteiger partial charge in [0.15, 0.2) is 5.82 Å². The van der Waals surface area contributed by atoms with Gasteiger partial charge >= 0.3 is 0 Å². The number of fused-ring (bicyclic) bond motifs is 1. The van der Waals surface area contributed by atoms with Gasteiger partial charge in [-0.25, -0.2) is 4.98 Å². The fraction of sp³-hybridized carbons (Fsp3) is 0.357. The first-order valence-corrected chi connectivity index (χ1v) is 12.3. The predicted molar refractivity (Wildman–Crippen MR) is 139 cm³/mol. The number of aliphatic imine (C=N–C) groups is 1. The van der Waals surface area contributed by atoms with Gasteiger partial charge in [-0.2, -0.15) is 0 Å². The minimum Gasteiger partial charge on any atom is -0.380 e. The van der Waals surface area contributed by atoms with Crippen molar-refractivity contribution >= 4 is 22.9 Å². The standard InChI is InChI=1S/C28H33N5O/c1-2-34-20-19-33-25-12-7-6-11-24(25)31-27(33)26-21-29-15-8-17-32(26)18-14-28(13-16-30-22-28)23-9-4-3-5-10-23/h3-12,15,17,21,30H,2,13-14,16,18-20,22H2,1H3. The summed E-state index contributed by atoms with van der Waals surface area (Å²) in [5.41, 5.74) is 4.70. The van der Waals surface area contributed by atoms with E-state index in [0.717, 1.165) is 61.6 Å². The maximum Gasteiger partial charge on any atom is 0.159 e. The van der Waals surface area contributed by atoms with Gasteiger partial charge < -0.3 is 19.5 Å². The van der Waals surface area contributed by atoms with Crippen molar-refractivity contribution in [2.24, 2.45) is 4.99 Å². The number of hydrogen-bond donors (Lipinski definition) is 1. The van der Waals surface area contributed by atoms with E-state index in [1.54, 1.807) is 0 Å². The molecule has 0 aliphatic carbocycles. The fourth-order valence-electron chi connectivity index (χ4n) is 5.11. The molecule has 2 aromatic carbocycles. The molecule has 176 valence electrons. The number of allylic oxidation sites excluding steroid dienone is 1. The maximum absolute atomic E-state index is 5.69. The number of nitrogens with zero attached hydrogens (tertiary/aromatic N) is 4. The van der Waals surface area contributed by atoms with Crippen molar-refractivity contribution in [1.82, 2.24) is 19.8 Å². The minimum absolute atomic E-state index is 0.141. The Hall–Kier alpha value is -3.22. The first-order chi connectivity index (χ1) is 16.8. The number of aromatic nitrogens is 2. The van der Waals surface area contributed by atoms with Gasteiger partial charge in [-0.3, -0.25) is 4.99 Å². The molecule has 34 heavy (non-hydrogen) atoms. The quantitative estimate of drug-likeness (QED) is 0.480. The number of imidazole rings is 1. The summed E-state index contributed by atoms with van der Waals surface area (Å²) in [4.78, 5) is 11.9. The summed E-state index contributed by atoms with van der Waals surface area (Å²) in [6.07, 6.45) is 10.1. The van der Waals surface area contributed by atoms with Gasteiger partial charge in [0, 0.05) is 44.1 Å². The summed E-state index contributed by atoms with van der Waals surface area (Å²) in [6.45, 7) is 7.10. The minimum atomic E-state index is 0.141. The lowest BCUT2D eigenvalue weighted by molar-refractivity contribution is 0.139. The molecule has 5 rings (SSSR count). The summed E-state index contributed by atoms with van der Waals surface area (Å²) in [7, 11) is 0. The van der Waals surface area contributed by atoms with E-state index in [-0.39, 0.29) is 5.41 Å². The van der Waals surface area contributed by atoms with Gasteiger partial charge in [0.2, 0.25) is 0 Å². The molecular weight excluding hydrogens is 422 g/mol. The van der Waals surface area contributed by atoms with E-state index in [1.165, 1.54) is 5.56 Å². The smallest absolute Gasteiger partial charge is 0.159 e. The molecule has 3 heterocycles. The fourth-order valence-corrected chi connectivity index (χ4v) is 5.11. The van der Waals surface area contributed by atoms with Crippen molar-refractivity contribution in [3.05, 3.63) is 84.5 Å². The second kappa shape index (κ2) is 10.4. The predicted octanol–water partition coefficient (Wildman–Crippen LogP) is 4.59. The lowest BCUT2D eigenvalue weighted by atomic mass is 9.77. The highest BCUT2D eigenvalue weighted by atomic mass is 16.5. The van der Waals surface area contributed by atoms with Crippen LogP contribution in [-0.4, -0.2) is 53.5 Å². The molecule has 1 saturated heterocycles. The van der Waals surface area contributed by atoms with E-state index in [2.05, 4.69) is 74.5 Å². The molecule has 0 spiro atoms. The first kappa shape index (κ1) is 22.6. The van der Waals surface area contributed by atoms with E-state index >= 15 is 0 Å². The van der Waals surface area contributed by atoms with Gasteiger partial charge in [-0.15, -0.1) is 0 Å². The Balaban J connectivity index is 1.46. The van der Waals surface area contributed by atoms with Crippen molar-refractivity contribution in [2.75, 3.05) is 32.8 Å². The van der Waals surface area contributed by atoms with E-state index in [4.69, 9.17) is 9.72 Å². The second-order valence-corrected chi connectivity index (χ2v) is 8.94. The number of nitrogens with one attached hydrogen (secondary N) is 1. The Kier molecular flexibility index (Phi) is 6.88. The van der Waals surface area contributed by atoms with Crippen LogP contribution in [0.5, 0.6) is 0 Å². The van der Waals surface area contributed by atoms with Crippen molar-refractivity contribution in [2.45, 2.75) is 31.7 Å². The lowest BCUT2D eigenvalue weighted by Crippen LogP contribution is -2.33. The van der Waals surface area contributed by atoms with Gasteiger partial charge in [-0.1, -0.05) is 42.5 Å². The van der Waals surface area contributed by atoms with Crippen LogP contribution < -0.4 is 5.32 Å². The average molecular weight is 456 g/mol. The molecule has 1 atom stereocenters. The zero-order valence-corrected chi connectivity index (χ0v) is 19.9. The summed E-state index contributed by atoms with van der Waals surface area (Å²) in [5, 5.41) is 3.60. The molecule has 6 nitrogen and oxygen atoms in total. The summed E-state index contributed by atoms with van der Waals surface area (Å²) >= 11 is 0. The number of ether oxygens (including phenoxy) is 1. The SMILES string of the molecule is CCOCCn1c(C2=CN=CC=CN2CCC2(c3ccccc3)CCNC2)nc2ccccc21. The Morgan fingerprint density at radius 2 is 1.91 bits per heavy atom. The van der Waals surface area contributed by atoms with Crippen molar-refractivity contribution in [1.29, 1.82) is 0 Å². The number of rotatable bonds is 9. The summed E-state index contributed by atoms with van der Waals surface area (Å²) < 4.78 is 7.96. The molecule has 0 saturated carbocycles. The van der Waals surface area contributed by atoms with Gasteiger partial charge in [0.1, 0.15) is 5.70 Å². The Morgan fingerprint density at radius 1 is 1.06 bits per heavy atom. The highest BCUT2D eigenvalue weighted by Gasteiger charge is 2.36. The third-order valence-corrected chi connectivity index (χ3v) is 6.95. The van der Waals surface area contributed by atoms with Crippen LogP contribution in [0.15, 0.2) is 78.1 Å². The molecule has 3 aromatic rings. The van der Waals surface area contributed by atoms with Crippen molar-refractivity contribution in [3.8, 4) is 0 Å².